The lowest BCUT2D eigenvalue weighted by molar-refractivity contribution is -0.121. The van der Waals surface area contributed by atoms with Crippen LogP contribution in [0.15, 0.2) is 24.3 Å². The van der Waals surface area contributed by atoms with Gasteiger partial charge in [0, 0.05) is 25.3 Å². The van der Waals surface area contributed by atoms with Crippen LogP contribution >= 0.6 is 0 Å². The number of carbonyl (C=O) groups excluding carboxylic acids is 2. The van der Waals surface area contributed by atoms with Crippen LogP contribution in [0.4, 0.5) is 5.69 Å². The largest absolute Gasteiger partial charge is 0.345 e. The topological polar surface area (TPSA) is 75.4 Å². The molecule has 1 saturated carbocycles. The Labute approximate surface area is 119 Å². The fourth-order valence-corrected chi connectivity index (χ4v) is 2.44. The molecule has 1 aliphatic carbocycles. The van der Waals surface area contributed by atoms with E-state index in [9.17, 15) is 9.59 Å². The van der Waals surface area contributed by atoms with Gasteiger partial charge in [-0.25, -0.2) is 0 Å². The number of amides is 2. The van der Waals surface area contributed by atoms with Crippen molar-refractivity contribution in [1.29, 1.82) is 0 Å². The van der Waals surface area contributed by atoms with Gasteiger partial charge in [0.2, 0.25) is 5.91 Å². The summed E-state index contributed by atoms with van der Waals surface area (Å²) in [4.78, 5) is 25.4. The molecule has 1 aliphatic rings. The standard InChI is InChI=1S/C15H21N3O2/c1-18(2)13(19)11-5-7-12(8-6-11)17-14(20)15(16)9-3-4-10-15/h5-8H,3-4,9-10,16H2,1-2H3,(H,17,20). The molecule has 1 fully saturated rings. The fourth-order valence-electron chi connectivity index (χ4n) is 2.44. The van der Waals surface area contributed by atoms with Gasteiger partial charge in [0.15, 0.2) is 0 Å². The minimum Gasteiger partial charge on any atom is -0.345 e. The second-order valence-electron chi connectivity index (χ2n) is 5.59. The van der Waals surface area contributed by atoms with Gasteiger partial charge in [-0.15, -0.1) is 0 Å². The van der Waals surface area contributed by atoms with Crippen LogP contribution in [0.1, 0.15) is 36.0 Å². The smallest absolute Gasteiger partial charge is 0.253 e. The molecule has 0 aromatic heterocycles. The van der Waals surface area contributed by atoms with Crippen LogP contribution in [0.3, 0.4) is 0 Å². The molecule has 1 aromatic carbocycles. The van der Waals surface area contributed by atoms with Crippen molar-refractivity contribution < 1.29 is 9.59 Å². The average molecular weight is 275 g/mol. The van der Waals surface area contributed by atoms with Crippen molar-refractivity contribution in [2.45, 2.75) is 31.2 Å². The molecule has 0 spiro atoms. The molecule has 2 rings (SSSR count). The molecule has 0 radical (unpaired) electrons. The van der Waals surface area contributed by atoms with Gasteiger partial charge in [-0.05, 0) is 37.1 Å². The normalized spacial score (nSPS) is 16.8. The number of benzene rings is 1. The van der Waals surface area contributed by atoms with E-state index in [4.69, 9.17) is 5.73 Å². The van der Waals surface area contributed by atoms with Crippen LogP contribution in [0.25, 0.3) is 0 Å². The van der Waals surface area contributed by atoms with E-state index < -0.39 is 5.54 Å². The van der Waals surface area contributed by atoms with Crippen molar-refractivity contribution in [2.24, 2.45) is 5.73 Å². The first-order valence-electron chi connectivity index (χ1n) is 6.84. The first kappa shape index (κ1) is 14.5. The first-order valence-corrected chi connectivity index (χ1v) is 6.84. The number of hydrogen-bond donors (Lipinski definition) is 2. The predicted molar refractivity (Wildman–Crippen MR) is 78.5 cm³/mol. The molecule has 20 heavy (non-hydrogen) atoms. The Morgan fingerprint density at radius 1 is 1.15 bits per heavy atom. The Kier molecular flexibility index (Phi) is 4.09. The van der Waals surface area contributed by atoms with Crippen LogP contribution in [-0.2, 0) is 4.79 Å². The van der Waals surface area contributed by atoms with E-state index in [0.717, 1.165) is 25.7 Å². The van der Waals surface area contributed by atoms with Crippen LogP contribution < -0.4 is 11.1 Å². The van der Waals surface area contributed by atoms with E-state index in [-0.39, 0.29) is 11.8 Å². The molecule has 0 heterocycles. The summed E-state index contributed by atoms with van der Waals surface area (Å²) in [6.45, 7) is 0. The third-order valence-electron chi connectivity index (χ3n) is 3.74. The maximum atomic E-state index is 12.2. The summed E-state index contributed by atoms with van der Waals surface area (Å²) in [5.41, 5.74) is 6.62. The van der Waals surface area contributed by atoms with E-state index in [1.165, 1.54) is 4.90 Å². The third kappa shape index (κ3) is 2.99. The molecule has 0 atom stereocenters. The number of carbonyl (C=O) groups is 2. The summed E-state index contributed by atoms with van der Waals surface area (Å²) in [5.74, 6) is -0.198. The van der Waals surface area contributed by atoms with Crippen molar-refractivity contribution in [1.82, 2.24) is 4.90 Å². The minimum absolute atomic E-state index is 0.0611. The van der Waals surface area contributed by atoms with Crippen molar-refractivity contribution in [3.8, 4) is 0 Å². The quantitative estimate of drug-likeness (QED) is 0.879. The molecular weight excluding hydrogens is 254 g/mol. The molecule has 1 aromatic rings. The Bertz CT molecular complexity index is 502. The van der Waals surface area contributed by atoms with Crippen molar-refractivity contribution in [2.75, 3.05) is 19.4 Å². The van der Waals surface area contributed by atoms with E-state index >= 15 is 0 Å². The zero-order chi connectivity index (χ0) is 14.8. The van der Waals surface area contributed by atoms with Crippen molar-refractivity contribution >= 4 is 17.5 Å². The lowest BCUT2D eigenvalue weighted by Crippen LogP contribution is -2.48. The maximum absolute atomic E-state index is 12.2. The zero-order valence-electron chi connectivity index (χ0n) is 12.0. The second kappa shape index (κ2) is 5.63. The molecule has 5 heteroatoms. The highest BCUT2D eigenvalue weighted by Crippen LogP contribution is 2.28. The highest BCUT2D eigenvalue weighted by atomic mass is 16.2. The van der Waals surface area contributed by atoms with E-state index in [2.05, 4.69) is 5.32 Å². The van der Waals surface area contributed by atoms with Crippen LogP contribution in [0.2, 0.25) is 0 Å². The highest BCUT2D eigenvalue weighted by Gasteiger charge is 2.36. The third-order valence-corrected chi connectivity index (χ3v) is 3.74. The van der Waals surface area contributed by atoms with Crippen LogP contribution in [0, 0.1) is 0 Å². The Morgan fingerprint density at radius 2 is 1.70 bits per heavy atom. The van der Waals surface area contributed by atoms with Crippen LogP contribution in [-0.4, -0.2) is 36.3 Å². The predicted octanol–water partition coefficient (Wildman–Crippen LogP) is 1.60. The Balaban J connectivity index is 2.04. The van der Waals surface area contributed by atoms with Crippen molar-refractivity contribution in [3.63, 3.8) is 0 Å². The summed E-state index contributed by atoms with van der Waals surface area (Å²) < 4.78 is 0. The summed E-state index contributed by atoms with van der Waals surface area (Å²) in [5, 5.41) is 2.83. The Hall–Kier alpha value is -1.88. The fraction of sp³-hybridized carbons (Fsp3) is 0.467. The molecular formula is C15H21N3O2. The molecule has 3 N–H and O–H groups in total. The minimum atomic E-state index is -0.738. The molecule has 0 unspecified atom stereocenters. The van der Waals surface area contributed by atoms with E-state index in [1.807, 2.05) is 0 Å². The van der Waals surface area contributed by atoms with Crippen LogP contribution in [0.5, 0.6) is 0 Å². The number of anilines is 1. The molecule has 0 bridgehead atoms. The first-order chi connectivity index (χ1) is 9.42. The highest BCUT2D eigenvalue weighted by molar-refractivity contribution is 5.99. The number of nitrogens with two attached hydrogens (primary N) is 1. The number of nitrogens with one attached hydrogen (secondary N) is 1. The van der Waals surface area contributed by atoms with Gasteiger partial charge in [-0.1, -0.05) is 12.8 Å². The monoisotopic (exact) mass is 275 g/mol. The number of hydrogen-bond acceptors (Lipinski definition) is 3. The SMILES string of the molecule is CN(C)C(=O)c1ccc(NC(=O)C2(N)CCCC2)cc1. The van der Waals surface area contributed by atoms with E-state index in [1.54, 1.807) is 38.4 Å². The van der Waals surface area contributed by atoms with E-state index in [0.29, 0.717) is 11.3 Å². The lowest BCUT2D eigenvalue weighted by Gasteiger charge is -2.22. The van der Waals surface area contributed by atoms with Gasteiger partial charge in [0.25, 0.3) is 5.91 Å². The lowest BCUT2D eigenvalue weighted by atomic mass is 9.98. The molecule has 2 amide bonds. The molecule has 0 aliphatic heterocycles. The van der Waals surface area contributed by atoms with Gasteiger partial charge in [-0.2, -0.15) is 0 Å². The second-order valence-corrected chi connectivity index (χ2v) is 5.59. The van der Waals surface area contributed by atoms with Gasteiger partial charge in [0.05, 0.1) is 5.54 Å². The van der Waals surface area contributed by atoms with Gasteiger partial charge < -0.3 is 16.0 Å². The number of rotatable bonds is 3. The summed E-state index contributed by atoms with van der Waals surface area (Å²) in [7, 11) is 3.41. The van der Waals surface area contributed by atoms with Gasteiger partial charge >= 0.3 is 0 Å². The zero-order valence-corrected chi connectivity index (χ0v) is 12.0. The van der Waals surface area contributed by atoms with Crippen molar-refractivity contribution in [3.05, 3.63) is 29.8 Å². The molecule has 0 saturated heterocycles. The number of nitrogens with zero attached hydrogens (tertiary/aromatic N) is 1. The van der Waals surface area contributed by atoms with Gasteiger partial charge in [-0.3, -0.25) is 9.59 Å². The molecule has 5 nitrogen and oxygen atoms in total. The Morgan fingerprint density at radius 3 is 2.20 bits per heavy atom. The average Bonchev–Trinajstić information content (AvgIpc) is 2.87. The summed E-state index contributed by atoms with van der Waals surface area (Å²) in [6.07, 6.45) is 3.46. The summed E-state index contributed by atoms with van der Waals surface area (Å²) >= 11 is 0. The molecule has 108 valence electrons. The van der Waals surface area contributed by atoms with Gasteiger partial charge in [0.1, 0.15) is 0 Å². The maximum Gasteiger partial charge on any atom is 0.253 e. The summed E-state index contributed by atoms with van der Waals surface area (Å²) in [6, 6.07) is 6.87.